The van der Waals surface area contributed by atoms with E-state index in [1.165, 1.54) is 17.8 Å². The second-order valence-corrected chi connectivity index (χ2v) is 6.03. The molecule has 1 N–H and O–H groups in total. The van der Waals surface area contributed by atoms with Crippen LogP contribution in [-0.2, 0) is 14.3 Å². The summed E-state index contributed by atoms with van der Waals surface area (Å²) in [6.07, 6.45) is 2.54. The minimum absolute atomic E-state index is 0.0300. The van der Waals surface area contributed by atoms with Crippen LogP contribution < -0.4 is 0 Å². The van der Waals surface area contributed by atoms with Gasteiger partial charge in [0.2, 0.25) is 0 Å². The molecule has 0 atom stereocenters. The van der Waals surface area contributed by atoms with Crippen LogP contribution in [0.2, 0.25) is 0 Å². The van der Waals surface area contributed by atoms with Crippen LogP contribution in [0.5, 0.6) is 0 Å². The Balaban J connectivity index is 2.32. The molecule has 0 radical (unpaired) electrons. The summed E-state index contributed by atoms with van der Waals surface area (Å²) in [6, 6.07) is 18.4. The first-order chi connectivity index (χ1) is 12.1. The predicted octanol–water partition coefficient (Wildman–Crippen LogP) is 4.39. The van der Waals surface area contributed by atoms with Gasteiger partial charge in [-0.1, -0.05) is 60.3 Å². The lowest BCUT2D eigenvalue weighted by Gasteiger charge is -2.07. The van der Waals surface area contributed by atoms with E-state index in [1.807, 2.05) is 48.5 Å². The molecule has 0 aliphatic carbocycles. The first-order valence-electron chi connectivity index (χ1n) is 7.72. The number of ketones is 1. The molecule has 0 saturated heterocycles. The van der Waals surface area contributed by atoms with Crippen LogP contribution in [0.3, 0.4) is 0 Å². The number of aliphatic hydroxyl groups excluding tert-OH is 1. The molecule has 25 heavy (non-hydrogen) atoms. The van der Waals surface area contributed by atoms with Crippen molar-refractivity contribution in [3.8, 4) is 0 Å². The SMILES string of the molecule is CCOC(=O)C(=O)C=C/C(Sc1ccccc1)=C(\O)c1ccccc1. The van der Waals surface area contributed by atoms with Gasteiger partial charge in [0, 0.05) is 10.5 Å². The maximum absolute atomic E-state index is 11.8. The molecule has 128 valence electrons. The molecule has 0 fully saturated rings. The average Bonchev–Trinajstić information content (AvgIpc) is 2.66. The smallest absolute Gasteiger partial charge is 0.379 e. The standard InChI is InChI=1S/C20H18O4S/c1-2-24-20(23)17(21)13-14-18(25-16-11-7-4-8-12-16)19(22)15-9-5-3-6-10-15/h3-14,22H,2H2,1H3/b14-13?,19-18+. The number of hydrogen-bond donors (Lipinski definition) is 1. The zero-order valence-electron chi connectivity index (χ0n) is 13.7. The van der Waals surface area contributed by atoms with Crippen LogP contribution in [0.1, 0.15) is 12.5 Å². The number of thioether (sulfide) groups is 1. The third kappa shape index (κ3) is 5.65. The van der Waals surface area contributed by atoms with E-state index in [2.05, 4.69) is 4.74 Å². The lowest BCUT2D eigenvalue weighted by Crippen LogP contribution is -2.14. The monoisotopic (exact) mass is 354 g/mol. The van der Waals surface area contributed by atoms with Crippen LogP contribution in [-0.4, -0.2) is 23.5 Å². The van der Waals surface area contributed by atoms with E-state index in [0.717, 1.165) is 11.0 Å². The summed E-state index contributed by atoms with van der Waals surface area (Å²) in [4.78, 5) is 24.6. The molecule has 2 aromatic rings. The fraction of sp³-hybridized carbons (Fsp3) is 0.100. The molecule has 0 aliphatic rings. The van der Waals surface area contributed by atoms with Gasteiger partial charge in [0.05, 0.1) is 11.5 Å². The summed E-state index contributed by atoms with van der Waals surface area (Å²) in [5, 5.41) is 10.6. The minimum atomic E-state index is -0.915. The van der Waals surface area contributed by atoms with Gasteiger partial charge in [-0.05, 0) is 31.2 Å². The zero-order valence-corrected chi connectivity index (χ0v) is 14.5. The number of carbonyl (C=O) groups is 2. The lowest BCUT2D eigenvalue weighted by atomic mass is 10.2. The average molecular weight is 354 g/mol. The molecule has 2 aromatic carbocycles. The number of carbonyl (C=O) groups excluding carboxylic acids is 2. The number of aliphatic hydroxyl groups is 1. The van der Waals surface area contributed by atoms with Gasteiger partial charge in [0.25, 0.3) is 5.78 Å². The maximum Gasteiger partial charge on any atom is 0.379 e. The van der Waals surface area contributed by atoms with Gasteiger partial charge in [0.15, 0.2) is 0 Å². The van der Waals surface area contributed by atoms with Crippen molar-refractivity contribution in [3.63, 3.8) is 0 Å². The van der Waals surface area contributed by atoms with Crippen LogP contribution >= 0.6 is 11.8 Å². The molecule has 5 heteroatoms. The molecule has 2 rings (SSSR count). The van der Waals surface area contributed by atoms with Crippen LogP contribution in [0.4, 0.5) is 0 Å². The Morgan fingerprint density at radius 1 is 1.00 bits per heavy atom. The maximum atomic E-state index is 11.8. The number of ether oxygens (including phenoxy) is 1. The van der Waals surface area contributed by atoms with E-state index in [0.29, 0.717) is 10.5 Å². The molecular formula is C20H18O4S. The highest BCUT2D eigenvalue weighted by molar-refractivity contribution is 8.03. The highest BCUT2D eigenvalue weighted by atomic mass is 32.2. The van der Waals surface area contributed by atoms with Gasteiger partial charge in [-0.25, -0.2) is 4.79 Å². The lowest BCUT2D eigenvalue weighted by molar-refractivity contribution is -0.151. The van der Waals surface area contributed by atoms with E-state index in [1.54, 1.807) is 19.1 Å². The van der Waals surface area contributed by atoms with E-state index in [-0.39, 0.29) is 12.4 Å². The van der Waals surface area contributed by atoms with Crippen LogP contribution in [0, 0.1) is 0 Å². The molecule has 4 nitrogen and oxygen atoms in total. The van der Waals surface area contributed by atoms with E-state index in [9.17, 15) is 14.7 Å². The molecule has 0 bridgehead atoms. The summed E-state index contributed by atoms with van der Waals surface area (Å²) >= 11 is 1.30. The van der Waals surface area contributed by atoms with Crippen molar-refractivity contribution in [3.05, 3.63) is 83.3 Å². The molecule has 0 aliphatic heterocycles. The van der Waals surface area contributed by atoms with Gasteiger partial charge < -0.3 is 9.84 Å². The molecule has 0 amide bonds. The number of rotatable bonds is 7. The zero-order chi connectivity index (χ0) is 18.1. The van der Waals surface area contributed by atoms with Crippen LogP contribution in [0.15, 0.2) is 82.6 Å². The Kier molecular flexibility index (Phi) is 7.04. The first-order valence-corrected chi connectivity index (χ1v) is 8.54. The topological polar surface area (TPSA) is 63.6 Å². The molecule has 0 spiro atoms. The van der Waals surface area contributed by atoms with Crippen molar-refractivity contribution in [2.24, 2.45) is 0 Å². The summed E-state index contributed by atoms with van der Waals surface area (Å²) < 4.78 is 4.67. The first kappa shape index (κ1) is 18.5. The number of allylic oxidation sites excluding steroid dienone is 1. The predicted molar refractivity (Wildman–Crippen MR) is 99.1 cm³/mol. The van der Waals surface area contributed by atoms with Gasteiger partial charge in [0.1, 0.15) is 5.76 Å². The summed E-state index contributed by atoms with van der Waals surface area (Å²) in [7, 11) is 0. The summed E-state index contributed by atoms with van der Waals surface area (Å²) in [5.74, 6) is -1.65. The molecule has 0 unspecified atom stereocenters. The largest absolute Gasteiger partial charge is 0.506 e. The normalized spacial score (nSPS) is 11.9. The Hall–Kier alpha value is -2.79. The van der Waals surface area contributed by atoms with E-state index in [4.69, 9.17) is 0 Å². The number of benzene rings is 2. The van der Waals surface area contributed by atoms with E-state index < -0.39 is 11.8 Å². The van der Waals surface area contributed by atoms with Crippen molar-refractivity contribution in [1.29, 1.82) is 0 Å². The van der Waals surface area contributed by atoms with Crippen LogP contribution in [0.25, 0.3) is 5.76 Å². The quantitative estimate of drug-likeness (QED) is 0.199. The fourth-order valence-electron chi connectivity index (χ4n) is 1.94. The highest BCUT2D eigenvalue weighted by Gasteiger charge is 2.13. The van der Waals surface area contributed by atoms with Crippen molar-refractivity contribution in [2.45, 2.75) is 11.8 Å². The molecule has 0 aromatic heterocycles. The van der Waals surface area contributed by atoms with E-state index >= 15 is 0 Å². The molecule has 0 saturated carbocycles. The second-order valence-electron chi connectivity index (χ2n) is 4.91. The fourth-order valence-corrected chi connectivity index (χ4v) is 2.83. The third-order valence-electron chi connectivity index (χ3n) is 3.11. The Morgan fingerprint density at radius 3 is 2.20 bits per heavy atom. The summed E-state index contributed by atoms with van der Waals surface area (Å²) in [5.41, 5.74) is 0.620. The third-order valence-corrected chi connectivity index (χ3v) is 4.17. The number of esters is 1. The molecule has 0 heterocycles. The van der Waals surface area contributed by atoms with Gasteiger partial charge in [-0.15, -0.1) is 0 Å². The van der Waals surface area contributed by atoms with Gasteiger partial charge >= 0.3 is 5.97 Å². The van der Waals surface area contributed by atoms with Crippen molar-refractivity contribution < 1.29 is 19.4 Å². The minimum Gasteiger partial charge on any atom is -0.506 e. The van der Waals surface area contributed by atoms with Crippen molar-refractivity contribution in [1.82, 2.24) is 0 Å². The Morgan fingerprint density at radius 2 is 1.60 bits per heavy atom. The highest BCUT2D eigenvalue weighted by Crippen LogP contribution is 2.32. The Bertz CT molecular complexity index is 780. The Labute approximate surface area is 150 Å². The summed E-state index contributed by atoms with van der Waals surface area (Å²) in [6.45, 7) is 1.77. The van der Waals surface area contributed by atoms with Crippen molar-refractivity contribution >= 4 is 29.3 Å². The second kappa shape index (κ2) is 9.49. The van der Waals surface area contributed by atoms with Crippen molar-refractivity contribution in [2.75, 3.05) is 6.61 Å². The van der Waals surface area contributed by atoms with Gasteiger partial charge in [-0.3, -0.25) is 4.79 Å². The van der Waals surface area contributed by atoms with Gasteiger partial charge in [-0.2, -0.15) is 0 Å². The molecular weight excluding hydrogens is 336 g/mol. The number of hydrogen-bond acceptors (Lipinski definition) is 5.